The summed E-state index contributed by atoms with van der Waals surface area (Å²) < 4.78 is 27.3. The van der Waals surface area contributed by atoms with Crippen molar-refractivity contribution in [1.82, 2.24) is 9.62 Å². The van der Waals surface area contributed by atoms with Crippen molar-refractivity contribution in [3.8, 4) is 0 Å². The van der Waals surface area contributed by atoms with Crippen LogP contribution in [0.25, 0.3) is 0 Å². The van der Waals surface area contributed by atoms with Crippen LogP contribution in [0, 0.1) is 6.92 Å². The highest BCUT2D eigenvalue weighted by Gasteiger charge is 2.26. The molecule has 0 radical (unpaired) electrons. The third-order valence-corrected chi connectivity index (χ3v) is 5.88. The Morgan fingerprint density at radius 3 is 2.68 bits per heavy atom. The van der Waals surface area contributed by atoms with Crippen molar-refractivity contribution in [3.05, 3.63) is 28.2 Å². The molecule has 0 amide bonds. The van der Waals surface area contributed by atoms with E-state index in [1.54, 1.807) is 10.4 Å². The second-order valence-corrected chi connectivity index (χ2v) is 7.20. The molecule has 0 spiro atoms. The number of halogens is 2. The van der Waals surface area contributed by atoms with Gasteiger partial charge < -0.3 is 5.32 Å². The highest BCUT2D eigenvalue weighted by Crippen LogP contribution is 2.26. The highest BCUT2D eigenvalue weighted by molar-refractivity contribution is 9.10. The van der Waals surface area contributed by atoms with Gasteiger partial charge in [0.1, 0.15) is 0 Å². The fourth-order valence-corrected chi connectivity index (χ4v) is 4.65. The molecule has 1 aliphatic rings. The van der Waals surface area contributed by atoms with E-state index in [9.17, 15) is 8.42 Å². The Hall–Kier alpha value is -0.140. The van der Waals surface area contributed by atoms with Crippen molar-refractivity contribution in [2.75, 3.05) is 26.2 Å². The summed E-state index contributed by atoms with van der Waals surface area (Å²) in [4.78, 5) is 0.356. The smallest absolute Gasteiger partial charge is 0.244 e. The van der Waals surface area contributed by atoms with Crippen molar-refractivity contribution in [1.29, 1.82) is 0 Å². The van der Waals surface area contributed by atoms with Crippen LogP contribution in [0.4, 0.5) is 0 Å². The molecular formula is C12H18BrClN2O2S. The molecule has 0 aliphatic carbocycles. The quantitative estimate of drug-likeness (QED) is 0.869. The fraction of sp³-hybridized carbons (Fsp3) is 0.500. The summed E-state index contributed by atoms with van der Waals surface area (Å²) in [6.45, 7) is 4.64. The zero-order valence-electron chi connectivity index (χ0n) is 10.7. The molecule has 0 bridgehead atoms. The van der Waals surface area contributed by atoms with Crippen LogP contribution in [-0.2, 0) is 10.0 Å². The number of nitrogens with one attached hydrogen (secondary N) is 1. The molecule has 1 fully saturated rings. The van der Waals surface area contributed by atoms with E-state index in [-0.39, 0.29) is 12.4 Å². The zero-order valence-corrected chi connectivity index (χ0v) is 13.9. The maximum Gasteiger partial charge on any atom is 0.244 e. The van der Waals surface area contributed by atoms with E-state index < -0.39 is 10.0 Å². The second-order valence-electron chi connectivity index (χ2n) is 4.44. The molecule has 19 heavy (non-hydrogen) atoms. The minimum absolute atomic E-state index is 0. The van der Waals surface area contributed by atoms with Crippen LogP contribution in [0.15, 0.2) is 27.6 Å². The summed E-state index contributed by atoms with van der Waals surface area (Å²) >= 11 is 3.35. The molecule has 0 aromatic heterocycles. The monoisotopic (exact) mass is 368 g/mol. The van der Waals surface area contributed by atoms with Gasteiger partial charge in [-0.25, -0.2) is 8.42 Å². The van der Waals surface area contributed by atoms with Gasteiger partial charge >= 0.3 is 0 Å². The first-order valence-electron chi connectivity index (χ1n) is 5.99. The molecule has 2 rings (SSSR count). The molecule has 108 valence electrons. The van der Waals surface area contributed by atoms with E-state index >= 15 is 0 Å². The number of aryl methyl sites for hydroxylation is 1. The summed E-state index contributed by atoms with van der Waals surface area (Å²) in [6, 6.07) is 5.34. The Morgan fingerprint density at radius 1 is 1.26 bits per heavy atom. The third-order valence-electron chi connectivity index (χ3n) is 3.00. The predicted molar refractivity (Wildman–Crippen MR) is 82.4 cm³/mol. The maximum atomic E-state index is 12.5. The van der Waals surface area contributed by atoms with Crippen molar-refractivity contribution >= 4 is 38.4 Å². The Kier molecular flexibility index (Phi) is 6.26. The minimum atomic E-state index is -3.39. The Bertz CT molecular complexity index is 529. The van der Waals surface area contributed by atoms with Gasteiger partial charge in [0.15, 0.2) is 0 Å². The topological polar surface area (TPSA) is 49.4 Å². The van der Waals surface area contributed by atoms with Crippen LogP contribution < -0.4 is 5.32 Å². The Labute approximate surface area is 129 Å². The van der Waals surface area contributed by atoms with E-state index in [2.05, 4.69) is 21.2 Å². The molecule has 1 saturated heterocycles. The molecule has 0 atom stereocenters. The fourth-order valence-electron chi connectivity index (χ4n) is 2.02. The van der Waals surface area contributed by atoms with Gasteiger partial charge in [-0.1, -0.05) is 6.07 Å². The zero-order chi connectivity index (χ0) is 13.2. The van der Waals surface area contributed by atoms with Crippen molar-refractivity contribution in [3.63, 3.8) is 0 Å². The van der Waals surface area contributed by atoms with Crippen LogP contribution in [0.5, 0.6) is 0 Å². The first-order valence-corrected chi connectivity index (χ1v) is 8.22. The number of rotatable bonds is 2. The normalized spacial score (nSPS) is 17.6. The van der Waals surface area contributed by atoms with Crippen LogP contribution in [0.1, 0.15) is 12.0 Å². The molecule has 1 aromatic rings. The predicted octanol–water partition coefficient (Wildman–Crippen LogP) is 2.16. The third kappa shape index (κ3) is 3.92. The summed E-state index contributed by atoms with van der Waals surface area (Å²) in [5.74, 6) is 0. The molecule has 1 heterocycles. The van der Waals surface area contributed by atoms with Crippen LogP contribution in [-0.4, -0.2) is 38.9 Å². The summed E-state index contributed by atoms with van der Waals surface area (Å²) in [7, 11) is -3.39. The summed E-state index contributed by atoms with van der Waals surface area (Å²) in [5.41, 5.74) is 1.04. The van der Waals surface area contributed by atoms with Crippen LogP contribution in [0.3, 0.4) is 0 Å². The molecule has 1 aliphatic heterocycles. The lowest BCUT2D eigenvalue weighted by Gasteiger charge is -2.20. The standard InChI is InChI=1S/C12H17BrN2O2S.ClH/c1-10-3-4-12(11(13)9-10)18(16,17)15-7-2-5-14-6-8-15;/h3-4,9,14H,2,5-8H2,1H3;1H. The van der Waals surface area contributed by atoms with E-state index in [0.717, 1.165) is 18.5 Å². The number of hydrogen-bond acceptors (Lipinski definition) is 3. The van der Waals surface area contributed by atoms with Crippen molar-refractivity contribution in [2.45, 2.75) is 18.2 Å². The minimum Gasteiger partial charge on any atom is -0.315 e. The van der Waals surface area contributed by atoms with Gasteiger partial charge in [0, 0.05) is 24.1 Å². The first kappa shape index (κ1) is 16.9. The number of sulfonamides is 1. The van der Waals surface area contributed by atoms with Crippen molar-refractivity contribution < 1.29 is 8.42 Å². The van der Waals surface area contributed by atoms with Gasteiger partial charge in [-0.05, 0) is 53.5 Å². The van der Waals surface area contributed by atoms with Gasteiger partial charge in [-0.15, -0.1) is 12.4 Å². The van der Waals surface area contributed by atoms with Gasteiger partial charge in [0.2, 0.25) is 10.0 Å². The molecule has 7 heteroatoms. The lowest BCUT2D eigenvalue weighted by Crippen LogP contribution is -2.34. The van der Waals surface area contributed by atoms with Gasteiger partial charge in [-0.3, -0.25) is 0 Å². The first-order chi connectivity index (χ1) is 8.51. The molecule has 1 N–H and O–H groups in total. The van der Waals surface area contributed by atoms with E-state index in [1.807, 2.05) is 19.1 Å². The van der Waals surface area contributed by atoms with E-state index in [1.165, 1.54) is 0 Å². The molecular weight excluding hydrogens is 352 g/mol. The van der Waals surface area contributed by atoms with Gasteiger partial charge in [0.05, 0.1) is 4.90 Å². The van der Waals surface area contributed by atoms with Crippen LogP contribution >= 0.6 is 28.3 Å². The average molecular weight is 370 g/mol. The van der Waals surface area contributed by atoms with Crippen molar-refractivity contribution in [2.24, 2.45) is 0 Å². The maximum absolute atomic E-state index is 12.5. The van der Waals surface area contributed by atoms with E-state index in [4.69, 9.17) is 0 Å². The molecule has 0 saturated carbocycles. The van der Waals surface area contributed by atoms with Gasteiger partial charge in [-0.2, -0.15) is 4.31 Å². The lowest BCUT2D eigenvalue weighted by molar-refractivity contribution is 0.431. The van der Waals surface area contributed by atoms with Gasteiger partial charge in [0.25, 0.3) is 0 Å². The lowest BCUT2D eigenvalue weighted by atomic mass is 10.2. The Morgan fingerprint density at radius 2 is 2.00 bits per heavy atom. The molecule has 0 unspecified atom stereocenters. The molecule has 4 nitrogen and oxygen atoms in total. The van der Waals surface area contributed by atoms with E-state index in [0.29, 0.717) is 29.0 Å². The second kappa shape index (κ2) is 7.04. The molecule has 1 aromatic carbocycles. The largest absolute Gasteiger partial charge is 0.315 e. The summed E-state index contributed by atoms with van der Waals surface area (Å²) in [6.07, 6.45) is 0.850. The number of hydrogen-bond donors (Lipinski definition) is 1. The average Bonchev–Trinajstić information content (AvgIpc) is 2.57. The number of nitrogens with zero attached hydrogens (tertiary/aromatic N) is 1. The number of benzene rings is 1. The van der Waals surface area contributed by atoms with Crippen LogP contribution in [0.2, 0.25) is 0 Å². The summed E-state index contributed by atoms with van der Waals surface area (Å²) in [5, 5.41) is 3.21. The SMILES string of the molecule is Cc1ccc(S(=O)(=O)N2CCCNCC2)c(Br)c1.Cl. The highest BCUT2D eigenvalue weighted by atomic mass is 79.9. The Balaban J connectivity index is 0.00000180.